The Balaban J connectivity index is 1.63. The van der Waals surface area contributed by atoms with E-state index in [9.17, 15) is 0 Å². The molecule has 5 rings (SSSR count). The average Bonchev–Trinajstić information content (AvgIpc) is 3.65. The van der Waals surface area contributed by atoms with Gasteiger partial charge in [0.15, 0.2) is 0 Å². The third-order valence-electron chi connectivity index (χ3n) is 6.43. The maximum atomic E-state index is 3.01. The zero-order valence-electron chi connectivity index (χ0n) is 19.1. The van der Waals surface area contributed by atoms with E-state index in [0.717, 1.165) is 0 Å². The van der Waals surface area contributed by atoms with E-state index in [1.807, 2.05) is 22.7 Å². The molecule has 33 heavy (non-hydrogen) atoms. The van der Waals surface area contributed by atoms with Gasteiger partial charge < -0.3 is 0 Å². The molecule has 1 fully saturated rings. The number of unbranched alkanes of at least 4 members (excludes halogenated alkanes) is 1. The van der Waals surface area contributed by atoms with Crippen LogP contribution in [0.2, 0.25) is 0 Å². The van der Waals surface area contributed by atoms with Crippen molar-refractivity contribution in [3.63, 3.8) is 0 Å². The largest absolute Gasteiger partial charge is 0.251 e. The number of rotatable bonds is 9. The van der Waals surface area contributed by atoms with Gasteiger partial charge in [0.05, 0.1) is 0 Å². The lowest BCUT2D eigenvalue weighted by molar-refractivity contribution is 0.632. The van der Waals surface area contributed by atoms with Gasteiger partial charge in [-0.25, -0.2) is 0 Å². The van der Waals surface area contributed by atoms with Crippen LogP contribution >= 0.6 is 38.8 Å². The number of nitrogens with zero attached hydrogens (tertiary/aromatic N) is 1. The number of hydrogen-bond donors (Lipinski definition) is 0. The Hall–Kier alpha value is -1.34. The predicted octanol–water partition coefficient (Wildman–Crippen LogP) is 8.93. The molecule has 3 heterocycles. The Morgan fingerprint density at radius 3 is 1.73 bits per heavy atom. The SMILES string of the molecule is CCCCN(P(c1ccsc1)c1ccsc1)P1[C@H](c2ccccc2)CC[C@H]1c1ccccc1. The molecule has 2 aromatic heterocycles. The van der Waals surface area contributed by atoms with Gasteiger partial charge in [-0.15, -0.1) is 0 Å². The smallest absolute Gasteiger partial charge is 0.0335 e. The normalized spacial score (nSPS) is 19.0. The van der Waals surface area contributed by atoms with Crippen LogP contribution in [0.25, 0.3) is 0 Å². The van der Waals surface area contributed by atoms with Crippen molar-refractivity contribution in [1.82, 2.24) is 4.44 Å². The maximum Gasteiger partial charge on any atom is 0.0335 e. The van der Waals surface area contributed by atoms with Crippen molar-refractivity contribution in [2.75, 3.05) is 6.54 Å². The lowest BCUT2D eigenvalue weighted by Crippen LogP contribution is -2.26. The molecule has 0 saturated carbocycles. The fourth-order valence-corrected chi connectivity index (χ4v) is 14.3. The summed E-state index contributed by atoms with van der Waals surface area (Å²) in [5.74, 6) is 0. The number of hydrogen-bond acceptors (Lipinski definition) is 3. The average molecular weight is 508 g/mol. The molecular weight excluding hydrogens is 476 g/mol. The van der Waals surface area contributed by atoms with Gasteiger partial charge in [-0.1, -0.05) is 74.0 Å². The summed E-state index contributed by atoms with van der Waals surface area (Å²) in [4.78, 5) is 0. The molecule has 1 aliphatic heterocycles. The molecule has 0 amide bonds. The molecule has 0 bridgehead atoms. The first kappa shape index (κ1) is 23.4. The molecule has 0 N–H and O–H groups in total. The highest BCUT2D eigenvalue weighted by Crippen LogP contribution is 2.76. The van der Waals surface area contributed by atoms with Crippen molar-refractivity contribution in [3.8, 4) is 0 Å². The van der Waals surface area contributed by atoms with Crippen LogP contribution in [-0.2, 0) is 0 Å². The number of thiophene rings is 2. The highest BCUT2D eigenvalue weighted by atomic mass is 32.1. The molecule has 0 spiro atoms. The van der Waals surface area contributed by atoms with E-state index in [2.05, 4.69) is 106 Å². The molecule has 0 unspecified atom stereocenters. The molecule has 0 aliphatic carbocycles. The van der Waals surface area contributed by atoms with Crippen LogP contribution in [-0.4, -0.2) is 11.0 Å². The minimum atomic E-state index is -0.514. The monoisotopic (exact) mass is 507 g/mol. The van der Waals surface area contributed by atoms with Crippen LogP contribution in [0, 0.1) is 0 Å². The minimum Gasteiger partial charge on any atom is -0.251 e. The molecule has 0 radical (unpaired) electrons. The van der Waals surface area contributed by atoms with Crippen molar-refractivity contribution in [3.05, 3.63) is 105 Å². The van der Waals surface area contributed by atoms with Gasteiger partial charge in [-0.05, 0) is 72.1 Å². The Bertz CT molecular complexity index is 1000. The third-order valence-corrected chi connectivity index (χ3v) is 14.6. The lowest BCUT2D eigenvalue weighted by atomic mass is 10.0. The Kier molecular flexibility index (Phi) is 8.08. The Morgan fingerprint density at radius 1 is 0.788 bits per heavy atom. The van der Waals surface area contributed by atoms with Gasteiger partial charge >= 0.3 is 0 Å². The summed E-state index contributed by atoms with van der Waals surface area (Å²) in [6, 6.07) is 27.5. The summed E-state index contributed by atoms with van der Waals surface area (Å²) >= 11 is 3.69. The van der Waals surface area contributed by atoms with E-state index < -0.39 is 8.07 Å². The molecule has 170 valence electrons. The Morgan fingerprint density at radius 2 is 1.30 bits per heavy atom. The van der Waals surface area contributed by atoms with Crippen LogP contribution in [0.3, 0.4) is 0 Å². The molecule has 2 atom stereocenters. The first-order valence-electron chi connectivity index (χ1n) is 11.9. The topological polar surface area (TPSA) is 3.24 Å². The van der Waals surface area contributed by atoms with Gasteiger partial charge in [0, 0.05) is 36.5 Å². The van der Waals surface area contributed by atoms with Crippen molar-refractivity contribution < 1.29 is 0 Å². The van der Waals surface area contributed by atoms with Gasteiger partial charge in [-0.2, -0.15) is 22.7 Å². The molecule has 4 aromatic rings. The summed E-state index contributed by atoms with van der Waals surface area (Å²) in [6.45, 7) is 3.52. The fraction of sp³-hybridized carbons (Fsp3) is 0.286. The third kappa shape index (κ3) is 5.19. The van der Waals surface area contributed by atoms with Crippen molar-refractivity contribution in [1.29, 1.82) is 0 Å². The molecule has 5 heteroatoms. The van der Waals surface area contributed by atoms with E-state index in [-0.39, 0.29) is 8.07 Å². The van der Waals surface area contributed by atoms with Gasteiger partial charge in [0.25, 0.3) is 0 Å². The molecule has 1 saturated heterocycles. The van der Waals surface area contributed by atoms with E-state index >= 15 is 0 Å². The zero-order chi connectivity index (χ0) is 22.5. The van der Waals surface area contributed by atoms with Crippen LogP contribution in [0.4, 0.5) is 0 Å². The first-order chi connectivity index (χ1) is 16.4. The van der Waals surface area contributed by atoms with E-state index in [1.165, 1.54) is 54.0 Å². The molecular formula is C28H31NP2S2. The predicted molar refractivity (Wildman–Crippen MR) is 151 cm³/mol. The van der Waals surface area contributed by atoms with Crippen molar-refractivity contribution in [2.45, 2.75) is 43.9 Å². The zero-order valence-corrected chi connectivity index (χ0v) is 22.5. The summed E-state index contributed by atoms with van der Waals surface area (Å²) in [5, 5.41) is 12.4. The maximum absolute atomic E-state index is 3.01. The second kappa shape index (κ2) is 11.4. The van der Waals surface area contributed by atoms with Crippen LogP contribution in [0.15, 0.2) is 94.3 Å². The van der Waals surface area contributed by atoms with Gasteiger partial charge in [0.1, 0.15) is 0 Å². The first-order valence-corrected chi connectivity index (χ1v) is 16.5. The fourth-order valence-electron chi connectivity index (χ4n) is 4.90. The number of benzene rings is 2. The van der Waals surface area contributed by atoms with E-state index in [0.29, 0.717) is 11.3 Å². The van der Waals surface area contributed by atoms with Gasteiger partial charge in [-0.3, -0.25) is 4.44 Å². The second-order valence-electron chi connectivity index (χ2n) is 8.53. The second-order valence-corrected chi connectivity index (χ2v) is 15.0. The quantitative estimate of drug-likeness (QED) is 0.204. The van der Waals surface area contributed by atoms with E-state index in [4.69, 9.17) is 0 Å². The summed E-state index contributed by atoms with van der Waals surface area (Å²) in [7, 11) is -0.891. The standard InChI is InChI=1S/C28H31NP2S2/c1-2-3-18-29(30(25-16-19-32-21-25)26-17-20-33-22-26)31-27(23-10-6-4-7-11-23)14-15-28(31)24-12-8-5-9-13-24/h4-13,16-17,19-22,27-28H,2-3,14-15,18H2,1H3/t27-,28-/m0/s1. The van der Waals surface area contributed by atoms with Gasteiger partial charge in [0.2, 0.25) is 0 Å². The highest BCUT2D eigenvalue weighted by molar-refractivity contribution is 7.80. The van der Waals surface area contributed by atoms with Crippen LogP contribution in [0.1, 0.15) is 55.1 Å². The molecule has 1 aliphatic rings. The molecule has 1 nitrogen and oxygen atoms in total. The summed E-state index contributed by atoms with van der Waals surface area (Å²) in [6.07, 6.45) is 5.07. The van der Waals surface area contributed by atoms with Crippen LogP contribution < -0.4 is 10.6 Å². The summed E-state index contributed by atoms with van der Waals surface area (Å²) < 4.78 is 3.01. The van der Waals surface area contributed by atoms with Crippen LogP contribution in [0.5, 0.6) is 0 Å². The minimum absolute atomic E-state index is 0.377. The summed E-state index contributed by atoms with van der Waals surface area (Å²) in [5.41, 5.74) is 4.33. The van der Waals surface area contributed by atoms with Crippen molar-refractivity contribution in [2.24, 2.45) is 0 Å². The Labute approximate surface area is 209 Å². The molecule has 2 aromatic carbocycles. The lowest BCUT2D eigenvalue weighted by Gasteiger charge is -2.42. The van der Waals surface area contributed by atoms with Crippen molar-refractivity contribution >= 4 is 49.4 Å². The van der Waals surface area contributed by atoms with E-state index in [1.54, 1.807) is 0 Å². The highest BCUT2D eigenvalue weighted by Gasteiger charge is 2.44.